The van der Waals surface area contributed by atoms with Gasteiger partial charge in [0.2, 0.25) is 0 Å². The number of amides is 1. The van der Waals surface area contributed by atoms with Gasteiger partial charge < -0.3 is 10.3 Å². The lowest BCUT2D eigenvalue weighted by atomic mass is 10.1. The monoisotopic (exact) mass is 282 g/mol. The molecule has 2 aromatic carbocycles. The predicted octanol–water partition coefficient (Wildman–Crippen LogP) is 3.28. The van der Waals surface area contributed by atoms with Gasteiger partial charge in [-0.15, -0.1) is 0 Å². The Balaban J connectivity index is 1.62. The first-order chi connectivity index (χ1) is 10.2. The first kappa shape index (κ1) is 13.4. The van der Waals surface area contributed by atoms with Crippen molar-refractivity contribution in [2.75, 3.05) is 6.54 Å². The third kappa shape index (κ3) is 2.94. The molecule has 0 saturated carbocycles. The quantitative estimate of drug-likeness (QED) is 0.758. The van der Waals surface area contributed by atoms with Gasteiger partial charge in [-0.05, 0) is 42.3 Å². The summed E-state index contributed by atoms with van der Waals surface area (Å²) in [6, 6.07) is 14.0. The topological polar surface area (TPSA) is 44.9 Å². The van der Waals surface area contributed by atoms with Crippen LogP contribution in [-0.4, -0.2) is 17.4 Å². The molecule has 0 atom stereocenters. The maximum absolute atomic E-state index is 13.5. The number of hydrogen-bond acceptors (Lipinski definition) is 1. The van der Waals surface area contributed by atoms with E-state index in [1.165, 1.54) is 6.07 Å². The van der Waals surface area contributed by atoms with Crippen LogP contribution < -0.4 is 5.32 Å². The van der Waals surface area contributed by atoms with Crippen molar-refractivity contribution in [1.82, 2.24) is 10.3 Å². The second-order valence-corrected chi connectivity index (χ2v) is 4.88. The number of nitrogens with one attached hydrogen (secondary N) is 2. The zero-order valence-corrected chi connectivity index (χ0v) is 11.4. The smallest absolute Gasteiger partial charge is 0.251 e. The Morgan fingerprint density at radius 2 is 2.00 bits per heavy atom. The van der Waals surface area contributed by atoms with Crippen LogP contribution in [0.25, 0.3) is 10.9 Å². The second kappa shape index (κ2) is 5.79. The Kier molecular flexibility index (Phi) is 3.69. The van der Waals surface area contributed by atoms with Crippen LogP contribution in [0.4, 0.5) is 4.39 Å². The van der Waals surface area contributed by atoms with Crippen LogP contribution in [0.5, 0.6) is 0 Å². The van der Waals surface area contributed by atoms with Crippen molar-refractivity contribution in [1.29, 1.82) is 0 Å². The summed E-state index contributed by atoms with van der Waals surface area (Å²) in [5.74, 6) is -0.380. The van der Waals surface area contributed by atoms with Crippen LogP contribution >= 0.6 is 0 Å². The van der Waals surface area contributed by atoms with Gasteiger partial charge in [-0.1, -0.05) is 18.2 Å². The van der Waals surface area contributed by atoms with Crippen molar-refractivity contribution in [3.8, 4) is 0 Å². The number of aromatic amines is 1. The van der Waals surface area contributed by atoms with Gasteiger partial charge in [-0.2, -0.15) is 0 Å². The molecule has 0 spiro atoms. The van der Waals surface area contributed by atoms with Crippen molar-refractivity contribution in [3.63, 3.8) is 0 Å². The van der Waals surface area contributed by atoms with Crippen molar-refractivity contribution < 1.29 is 9.18 Å². The largest absolute Gasteiger partial charge is 0.361 e. The van der Waals surface area contributed by atoms with Crippen LogP contribution in [0.1, 0.15) is 15.9 Å². The van der Waals surface area contributed by atoms with E-state index in [0.717, 1.165) is 10.9 Å². The van der Waals surface area contributed by atoms with Crippen molar-refractivity contribution in [2.45, 2.75) is 6.42 Å². The Morgan fingerprint density at radius 3 is 2.86 bits per heavy atom. The minimum absolute atomic E-state index is 0.144. The molecule has 106 valence electrons. The Bertz CT molecular complexity index is 779. The molecule has 0 aliphatic rings. The van der Waals surface area contributed by atoms with Crippen LogP contribution in [-0.2, 0) is 6.42 Å². The molecule has 1 amide bonds. The number of fused-ring (bicyclic) bond motifs is 1. The fraction of sp³-hybridized carbons (Fsp3) is 0.118. The number of aromatic nitrogens is 1. The Hall–Kier alpha value is -2.62. The van der Waals surface area contributed by atoms with Crippen molar-refractivity contribution >= 4 is 16.8 Å². The molecular formula is C17H15FN2O. The number of rotatable bonds is 4. The number of carbonyl (C=O) groups excluding carboxylic acids is 1. The van der Waals surface area contributed by atoms with E-state index in [2.05, 4.69) is 10.3 Å². The van der Waals surface area contributed by atoms with Gasteiger partial charge >= 0.3 is 0 Å². The van der Waals surface area contributed by atoms with Crippen LogP contribution in [0.15, 0.2) is 54.7 Å². The first-order valence-corrected chi connectivity index (χ1v) is 6.83. The molecule has 0 aliphatic carbocycles. The minimum atomic E-state index is -0.236. The van der Waals surface area contributed by atoms with E-state index in [0.29, 0.717) is 24.1 Å². The molecule has 3 nitrogen and oxygen atoms in total. The Morgan fingerprint density at radius 1 is 1.14 bits per heavy atom. The first-order valence-electron chi connectivity index (χ1n) is 6.83. The molecule has 2 N–H and O–H groups in total. The molecule has 3 aromatic rings. The van der Waals surface area contributed by atoms with E-state index in [1.807, 2.05) is 24.4 Å². The molecule has 0 bridgehead atoms. The molecule has 0 unspecified atom stereocenters. The zero-order chi connectivity index (χ0) is 14.7. The number of H-pyrrole nitrogens is 1. The lowest BCUT2D eigenvalue weighted by Gasteiger charge is -2.06. The lowest BCUT2D eigenvalue weighted by molar-refractivity contribution is 0.0954. The third-order valence-electron chi connectivity index (χ3n) is 3.45. The average molecular weight is 282 g/mol. The average Bonchev–Trinajstić information content (AvgIpc) is 2.96. The molecule has 1 heterocycles. The maximum Gasteiger partial charge on any atom is 0.251 e. The van der Waals surface area contributed by atoms with Gasteiger partial charge in [-0.25, -0.2) is 4.39 Å². The number of carbonyl (C=O) groups is 1. The summed E-state index contributed by atoms with van der Waals surface area (Å²) < 4.78 is 13.5. The highest BCUT2D eigenvalue weighted by Gasteiger charge is 2.07. The van der Waals surface area contributed by atoms with Gasteiger partial charge in [0.15, 0.2) is 0 Å². The summed E-state index contributed by atoms with van der Waals surface area (Å²) in [6.45, 7) is 0.408. The molecule has 1 aromatic heterocycles. The van der Waals surface area contributed by atoms with E-state index >= 15 is 0 Å². The number of hydrogen-bond donors (Lipinski definition) is 2. The minimum Gasteiger partial charge on any atom is -0.361 e. The maximum atomic E-state index is 13.5. The fourth-order valence-corrected chi connectivity index (χ4v) is 2.31. The predicted molar refractivity (Wildman–Crippen MR) is 80.7 cm³/mol. The summed E-state index contributed by atoms with van der Waals surface area (Å²) in [6.07, 6.45) is 2.31. The van der Waals surface area contributed by atoms with Gasteiger partial charge in [-0.3, -0.25) is 4.79 Å². The summed E-state index contributed by atoms with van der Waals surface area (Å²) in [7, 11) is 0. The third-order valence-corrected chi connectivity index (χ3v) is 3.45. The number of benzene rings is 2. The van der Waals surface area contributed by atoms with E-state index in [9.17, 15) is 9.18 Å². The standard InChI is InChI=1S/C17H15FN2O/c18-15-4-2-1-3-12(15)7-10-20-17(21)14-5-6-16-13(11-14)8-9-19-16/h1-6,8-9,11,19H,7,10H2,(H,20,21). The SMILES string of the molecule is O=C(NCCc1ccccc1F)c1ccc2[nH]ccc2c1. The lowest BCUT2D eigenvalue weighted by Crippen LogP contribution is -2.25. The molecule has 3 rings (SSSR count). The van der Waals surface area contributed by atoms with E-state index in [-0.39, 0.29) is 11.7 Å². The number of halogens is 1. The molecule has 21 heavy (non-hydrogen) atoms. The van der Waals surface area contributed by atoms with Gasteiger partial charge in [0.1, 0.15) is 5.82 Å². The normalized spacial score (nSPS) is 10.7. The van der Waals surface area contributed by atoms with Crippen LogP contribution in [0.3, 0.4) is 0 Å². The van der Waals surface area contributed by atoms with Gasteiger partial charge in [0.25, 0.3) is 5.91 Å². The molecular weight excluding hydrogens is 267 g/mol. The van der Waals surface area contributed by atoms with Gasteiger partial charge in [0.05, 0.1) is 0 Å². The second-order valence-electron chi connectivity index (χ2n) is 4.88. The van der Waals surface area contributed by atoms with Crippen molar-refractivity contribution in [2.24, 2.45) is 0 Å². The van der Waals surface area contributed by atoms with Crippen LogP contribution in [0.2, 0.25) is 0 Å². The molecule has 0 aliphatic heterocycles. The zero-order valence-electron chi connectivity index (χ0n) is 11.4. The fourth-order valence-electron chi connectivity index (χ4n) is 2.31. The van der Waals surface area contributed by atoms with E-state index < -0.39 is 0 Å². The van der Waals surface area contributed by atoms with Crippen LogP contribution in [0, 0.1) is 5.82 Å². The molecule has 0 saturated heterocycles. The molecule has 4 heteroatoms. The van der Waals surface area contributed by atoms with Gasteiger partial charge in [0, 0.05) is 29.2 Å². The van der Waals surface area contributed by atoms with E-state index in [1.54, 1.807) is 24.3 Å². The molecule has 0 fully saturated rings. The van der Waals surface area contributed by atoms with Crippen molar-refractivity contribution in [3.05, 3.63) is 71.7 Å². The Labute approximate surface area is 121 Å². The highest BCUT2D eigenvalue weighted by atomic mass is 19.1. The molecule has 0 radical (unpaired) electrons. The van der Waals surface area contributed by atoms with E-state index in [4.69, 9.17) is 0 Å². The summed E-state index contributed by atoms with van der Waals surface area (Å²) in [4.78, 5) is 15.2. The summed E-state index contributed by atoms with van der Waals surface area (Å²) in [5, 5.41) is 3.81. The highest BCUT2D eigenvalue weighted by molar-refractivity contribution is 5.98. The summed E-state index contributed by atoms with van der Waals surface area (Å²) in [5.41, 5.74) is 2.22. The highest BCUT2D eigenvalue weighted by Crippen LogP contribution is 2.14. The summed E-state index contributed by atoms with van der Waals surface area (Å²) >= 11 is 0.